The van der Waals surface area contributed by atoms with Gasteiger partial charge in [-0.25, -0.2) is 0 Å². The lowest BCUT2D eigenvalue weighted by atomic mass is 10.1. The molecule has 9 rings (SSSR count). The van der Waals surface area contributed by atoms with Crippen molar-refractivity contribution in [3.63, 3.8) is 0 Å². The first-order valence-corrected chi connectivity index (χ1v) is 14.5. The Morgan fingerprint density at radius 3 is 1.75 bits per heavy atom. The van der Waals surface area contributed by atoms with Crippen LogP contribution in [-0.2, 0) is 0 Å². The summed E-state index contributed by atoms with van der Waals surface area (Å²) in [4.78, 5) is 0. The van der Waals surface area contributed by atoms with Gasteiger partial charge in [-0.1, -0.05) is 66.7 Å². The number of halogens is 1. The molecule has 0 bridgehead atoms. The van der Waals surface area contributed by atoms with E-state index < -0.39 is 0 Å². The van der Waals surface area contributed by atoms with E-state index in [1.165, 1.54) is 52.9 Å². The molecular formula is C36H21IN2O. The van der Waals surface area contributed by atoms with Crippen LogP contribution in [0.15, 0.2) is 132 Å². The number of furan rings is 1. The summed E-state index contributed by atoms with van der Waals surface area (Å²) in [6.07, 6.45) is 0. The van der Waals surface area contributed by atoms with Crippen LogP contribution >= 0.6 is 22.6 Å². The van der Waals surface area contributed by atoms with Gasteiger partial charge in [-0.2, -0.15) is 0 Å². The normalized spacial score (nSPS) is 12.1. The van der Waals surface area contributed by atoms with Crippen molar-refractivity contribution in [2.45, 2.75) is 0 Å². The second-order valence-corrected chi connectivity index (χ2v) is 11.5. The summed E-state index contributed by atoms with van der Waals surface area (Å²) in [5.74, 6) is 0. The van der Waals surface area contributed by atoms with Crippen molar-refractivity contribution in [3.8, 4) is 11.4 Å². The minimum atomic E-state index is 0.910. The fourth-order valence-corrected chi connectivity index (χ4v) is 6.91. The number of fused-ring (bicyclic) bond motifs is 10. The maximum atomic E-state index is 6.51. The zero-order valence-electron chi connectivity index (χ0n) is 21.3. The van der Waals surface area contributed by atoms with Gasteiger partial charge in [0.1, 0.15) is 5.58 Å². The lowest BCUT2D eigenvalue weighted by Crippen LogP contribution is -1.95. The van der Waals surface area contributed by atoms with Gasteiger partial charge in [0.2, 0.25) is 0 Å². The van der Waals surface area contributed by atoms with E-state index in [0.717, 1.165) is 27.6 Å². The molecule has 3 heterocycles. The minimum absolute atomic E-state index is 0.910. The second-order valence-electron chi connectivity index (χ2n) is 10.3. The zero-order valence-corrected chi connectivity index (χ0v) is 23.5. The van der Waals surface area contributed by atoms with E-state index in [4.69, 9.17) is 4.42 Å². The van der Waals surface area contributed by atoms with Crippen LogP contribution in [-0.4, -0.2) is 9.13 Å². The standard InChI is InChI=1S/C36H21IN2O/c37-22-16-18-23(19-17-22)38-28-12-4-1-9-26(28)34-30(38)20-21-31-35(34)27-10-2-5-13-29(27)39(31)32-14-7-11-25-24-8-3-6-15-33(24)40-36(25)32/h1-21H. The summed E-state index contributed by atoms with van der Waals surface area (Å²) in [5.41, 5.74) is 8.81. The van der Waals surface area contributed by atoms with E-state index in [9.17, 15) is 0 Å². The largest absolute Gasteiger partial charge is 0.454 e. The third-order valence-electron chi connectivity index (χ3n) is 8.18. The van der Waals surface area contributed by atoms with Gasteiger partial charge in [-0.05, 0) is 83.3 Å². The third kappa shape index (κ3) is 2.94. The van der Waals surface area contributed by atoms with Gasteiger partial charge >= 0.3 is 0 Å². The summed E-state index contributed by atoms with van der Waals surface area (Å²) >= 11 is 2.37. The van der Waals surface area contributed by atoms with Crippen LogP contribution in [0.1, 0.15) is 0 Å². The molecule has 188 valence electrons. The van der Waals surface area contributed by atoms with E-state index >= 15 is 0 Å². The Bertz CT molecular complexity index is 2440. The van der Waals surface area contributed by atoms with Gasteiger partial charge in [0, 0.05) is 41.6 Å². The first-order valence-electron chi connectivity index (χ1n) is 13.4. The van der Waals surface area contributed by atoms with Gasteiger partial charge in [-0.15, -0.1) is 0 Å². The summed E-state index contributed by atoms with van der Waals surface area (Å²) in [6.45, 7) is 0. The molecule has 0 saturated carbocycles. The molecule has 3 aromatic heterocycles. The van der Waals surface area contributed by atoms with Crippen molar-refractivity contribution in [1.29, 1.82) is 0 Å². The smallest absolute Gasteiger partial charge is 0.159 e. The topological polar surface area (TPSA) is 23.0 Å². The van der Waals surface area contributed by atoms with Crippen molar-refractivity contribution in [2.75, 3.05) is 0 Å². The molecule has 6 aromatic carbocycles. The van der Waals surface area contributed by atoms with Gasteiger partial charge in [0.25, 0.3) is 0 Å². The van der Waals surface area contributed by atoms with E-state index in [1.807, 2.05) is 12.1 Å². The Morgan fingerprint density at radius 1 is 0.450 bits per heavy atom. The number of para-hydroxylation sites is 4. The Balaban J connectivity index is 1.47. The molecule has 0 aliphatic carbocycles. The van der Waals surface area contributed by atoms with Crippen molar-refractivity contribution in [1.82, 2.24) is 9.13 Å². The van der Waals surface area contributed by atoms with Crippen LogP contribution in [0.3, 0.4) is 0 Å². The summed E-state index contributed by atoms with van der Waals surface area (Å²) in [5, 5.41) is 7.31. The molecule has 0 unspecified atom stereocenters. The van der Waals surface area contributed by atoms with Crippen molar-refractivity contribution >= 4 is 88.1 Å². The fourth-order valence-electron chi connectivity index (χ4n) is 6.55. The SMILES string of the molecule is Ic1ccc(-n2c3ccccc3c3c4c5ccccc5n(-c5cccc6c5oc5ccccc56)c4ccc32)cc1. The van der Waals surface area contributed by atoms with E-state index in [0.29, 0.717) is 0 Å². The van der Waals surface area contributed by atoms with Crippen LogP contribution in [0.2, 0.25) is 0 Å². The quantitative estimate of drug-likeness (QED) is 0.176. The monoisotopic (exact) mass is 624 g/mol. The molecule has 0 aliphatic rings. The molecule has 9 aromatic rings. The number of hydrogen-bond donors (Lipinski definition) is 0. The Labute approximate surface area is 243 Å². The maximum Gasteiger partial charge on any atom is 0.159 e. The van der Waals surface area contributed by atoms with Crippen LogP contribution in [0.4, 0.5) is 0 Å². The molecule has 4 heteroatoms. The molecule has 0 atom stereocenters. The third-order valence-corrected chi connectivity index (χ3v) is 8.90. The molecule has 0 fully saturated rings. The Morgan fingerprint density at radius 2 is 1.02 bits per heavy atom. The first-order chi connectivity index (χ1) is 19.8. The van der Waals surface area contributed by atoms with Gasteiger partial charge in [0.05, 0.1) is 27.8 Å². The molecule has 3 nitrogen and oxygen atoms in total. The van der Waals surface area contributed by atoms with Crippen molar-refractivity contribution in [3.05, 3.63) is 131 Å². The number of rotatable bonds is 2. The maximum absolute atomic E-state index is 6.51. The van der Waals surface area contributed by atoms with Crippen LogP contribution in [0, 0.1) is 3.57 Å². The molecule has 0 radical (unpaired) electrons. The molecule has 0 saturated heterocycles. The highest BCUT2D eigenvalue weighted by atomic mass is 127. The highest BCUT2D eigenvalue weighted by molar-refractivity contribution is 14.1. The van der Waals surface area contributed by atoms with Gasteiger partial charge in [-0.3, -0.25) is 0 Å². The lowest BCUT2D eigenvalue weighted by molar-refractivity contribution is 0.666. The number of hydrogen-bond acceptors (Lipinski definition) is 1. The first kappa shape index (κ1) is 22.3. The summed E-state index contributed by atoms with van der Waals surface area (Å²) in [7, 11) is 0. The zero-order chi connectivity index (χ0) is 26.4. The van der Waals surface area contributed by atoms with E-state index in [1.54, 1.807) is 0 Å². The molecule has 0 spiro atoms. The van der Waals surface area contributed by atoms with Gasteiger partial charge < -0.3 is 13.6 Å². The summed E-state index contributed by atoms with van der Waals surface area (Å²) in [6, 6.07) is 45.6. The molecule has 0 N–H and O–H groups in total. The molecule has 0 amide bonds. The highest BCUT2D eigenvalue weighted by Crippen LogP contribution is 2.43. The number of nitrogens with zero attached hydrogens (tertiary/aromatic N) is 2. The van der Waals surface area contributed by atoms with E-state index in [-0.39, 0.29) is 0 Å². The van der Waals surface area contributed by atoms with Crippen LogP contribution in [0.25, 0.3) is 76.9 Å². The van der Waals surface area contributed by atoms with Gasteiger partial charge in [0.15, 0.2) is 5.58 Å². The molecular weight excluding hydrogens is 603 g/mol. The average molecular weight is 624 g/mol. The van der Waals surface area contributed by atoms with E-state index in [2.05, 4.69) is 147 Å². The summed E-state index contributed by atoms with van der Waals surface area (Å²) < 4.78 is 12.5. The second kappa shape index (κ2) is 8.23. The predicted molar refractivity (Wildman–Crippen MR) is 175 cm³/mol. The molecule has 40 heavy (non-hydrogen) atoms. The van der Waals surface area contributed by atoms with Crippen LogP contribution in [0.5, 0.6) is 0 Å². The number of aromatic nitrogens is 2. The fraction of sp³-hybridized carbons (Fsp3) is 0. The Kier molecular flexibility index (Phi) is 4.58. The highest BCUT2D eigenvalue weighted by Gasteiger charge is 2.22. The van der Waals surface area contributed by atoms with Crippen molar-refractivity contribution in [2.24, 2.45) is 0 Å². The van der Waals surface area contributed by atoms with Crippen molar-refractivity contribution < 1.29 is 4.42 Å². The lowest BCUT2D eigenvalue weighted by Gasteiger charge is -2.10. The Hall–Kier alpha value is -4.55. The van der Waals surface area contributed by atoms with Crippen LogP contribution < -0.4 is 0 Å². The average Bonchev–Trinajstić information content (AvgIpc) is 3.65. The number of benzene rings is 6. The minimum Gasteiger partial charge on any atom is -0.454 e. The molecule has 0 aliphatic heterocycles. The predicted octanol–water partition coefficient (Wildman–Crippen LogP) is 10.4.